The molecule has 1 unspecified atom stereocenters. The maximum Gasteiger partial charge on any atom is 0.0221 e. The van der Waals surface area contributed by atoms with Crippen molar-refractivity contribution in [1.82, 2.24) is 10.2 Å². The summed E-state index contributed by atoms with van der Waals surface area (Å²) >= 11 is 1.97. The van der Waals surface area contributed by atoms with E-state index in [1.165, 1.54) is 57.5 Å². The predicted molar refractivity (Wildman–Crippen MR) is 68.6 cm³/mol. The molecule has 1 N–H and O–H groups in total. The molecule has 1 saturated heterocycles. The van der Waals surface area contributed by atoms with E-state index in [1.54, 1.807) is 0 Å². The summed E-state index contributed by atoms with van der Waals surface area (Å²) < 4.78 is 0. The Bertz CT molecular complexity index is 182. The Morgan fingerprint density at radius 3 is 2.87 bits per heavy atom. The fourth-order valence-electron chi connectivity index (χ4n) is 2.38. The van der Waals surface area contributed by atoms with Gasteiger partial charge in [0.15, 0.2) is 0 Å². The fraction of sp³-hybridized carbons (Fsp3) is 1.00. The molecular weight excluding hydrogens is 204 g/mol. The molecule has 2 fully saturated rings. The zero-order chi connectivity index (χ0) is 10.5. The molecule has 0 bridgehead atoms. The summed E-state index contributed by atoms with van der Waals surface area (Å²) in [6, 6.07) is 1.70. The van der Waals surface area contributed by atoms with Gasteiger partial charge in [-0.3, -0.25) is 4.90 Å². The van der Waals surface area contributed by atoms with Crippen LogP contribution in [0.15, 0.2) is 0 Å². The Balaban J connectivity index is 1.70. The van der Waals surface area contributed by atoms with Crippen molar-refractivity contribution in [3.05, 3.63) is 0 Å². The van der Waals surface area contributed by atoms with Gasteiger partial charge in [0.1, 0.15) is 0 Å². The third-order valence-electron chi connectivity index (χ3n) is 3.55. The van der Waals surface area contributed by atoms with Gasteiger partial charge < -0.3 is 5.32 Å². The maximum atomic E-state index is 3.68. The third-order valence-corrected chi connectivity index (χ3v) is 4.14. The van der Waals surface area contributed by atoms with Gasteiger partial charge in [0.2, 0.25) is 0 Å². The molecule has 3 heteroatoms. The van der Waals surface area contributed by atoms with E-state index in [1.807, 2.05) is 11.8 Å². The summed E-state index contributed by atoms with van der Waals surface area (Å²) in [7, 11) is 0. The van der Waals surface area contributed by atoms with E-state index in [0.717, 1.165) is 12.1 Å². The summed E-state index contributed by atoms with van der Waals surface area (Å²) in [6.07, 6.45) is 9.30. The topological polar surface area (TPSA) is 15.3 Å². The second kappa shape index (κ2) is 6.12. The summed E-state index contributed by atoms with van der Waals surface area (Å²) in [5, 5.41) is 3.68. The van der Waals surface area contributed by atoms with E-state index in [2.05, 4.69) is 16.5 Å². The standard InChI is InChI=1S/C12H24N2S/c1-15-9-8-14-7-3-2-4-12(14)10-13-11-5-6-11/h11-13H,2-10H2,1H3. The van der Waals surface area contributed by atoms with Crippen LogP contribution in [0, 0.1) is 0 Å². The molecule has 88 valence electrons. The third kappa shape index (κ3) is 3.97. The zero-order valence-electron chi connectivity index (χ0n) is 9.87. The highest BCUT2D eigenvalue weighted by Crippen LogP contribution is 2.21. The Labute approximate surface area is 98.2 Å². The molecule has 1 heterocycles. The van der Waals surface area contributed by atoms with Gasteiger partial charge in [-0.05, 0) is 38.5 Å². The van der Waals surface area contributed by atoms with Crippen molar-refractivity contribution in [2.45, 2.75) is 44.2 Å². The number of nitrogens with zero attached hydrogens (tertiary/aromatic N) is 1. The first-order chi connectivity index (χ1) is 7.40. The molecule has 0 spiro atoms. The lowest BCUT2D eigenvalue weighted by atomic mass is 10.0. The molecular formula is C12H24N2S. The molecule has 0 amide bonds. The van der Waals surface area contributed by atoms with Crippen molar-refractivity contribution < 1.29 is 0 Å². The molecule has 0 aromatic rings. The number of hydrogen-bond donors (Lipinski definition) is 1. The molecule has 0 aromatic heterocycles. The van der Waals surface area contributed by atoms with Crippen LogP contribution in [-0.2, 0) is 0 Å². The molecule has 0 aromatic carbocycles. The summed E-state index contributed by atoms with van der Waals surface area (Å²) in [5.41, 5.74) is 0. The Morgan fingerprint density at radius 1 is 1.27 bits per heavy atom. The summed E-state index contributed by atoms with van der Waals surface area (Å²) in [5.74, 6) is 1.29. The number of piperidine rings is 1. The number of rotatable bonds is 6. The molecule has 2 nitrogen and oxygen atoms in total. The van der Waals surface area contributed by atoms with E-state index < -0.39 is 0 Å². The molecule has 1 atom stereocenters. The maximum absolute atomic E-state index is 3.68. The van der Waals surface area contributed by atoms with E-state index >= 15 is 0 Å². The van der Waals surface area contributed by atoms with Gasteiger partial charge in [-0.2, -0.15) is 11.8 Å². The van der Waals surface area contributed by atoms with Gasteiger partial charge in [0.05, 0.1) is 0 Å². The van der Waals surface area contributed by atoms with Crippen LogP contribution in [0.4, 0.5) is 0 Å². The van der Waals surface area contributed by atoms with Crippen molar-refractivity contribution in [2.24, 2.45) is 0 Å². The van der Waals surface area contributed by atoms with Gasteiger partial charge >= 0.3 is 0 Å². The van der Waals surface area contributed by atoms with Crippen LogP contribution >= 0.6 is 11.8 Å². The van der Waals surface area contributed by atoms with Crippen molar-refractivity contribution in [3.63, 3.8) is 0 Å². The quantitative estimate of drug-likeness (QED) is 0.748. The van der Waals surface area contributed by atoms with Gasteiger partial charge in [-0.15, -0.1) is 0 Å². The summed E-state index contributed by atoms with van der Waals surface area (Å²) in [6.45, 7) is 3.86. The van der Waals surface area contributed by atoms with Gasteiger partial charge in [0.25, 0.3) is 0 Å². The van der Waals surface area contributed by atoms with Gasteiger partial charge in [-0.25, -0.2) is 0 Å². The molecule has 15 heavy (non-hydrogen) atoms. The Morgan fingerprint density at radius 2 is 2.13 bits per heavy atom. The number of likely N-dealkylation sites (tertiary alicyclic amines) is 1. The predicted octanol–water partition coefficient (Wildman–Crippen LogP) is 1.96. The first-order valence-corrected chi connectivity index (χ1v) is 7.76. The van der Waals surface area contributed by atoms with Crippen molar-refractivity contribution in [1.29, 1.82) is 0 Å². The van der Waals surface area contributed by atoms with Gasteiger partial charge in [-0.1, -0.05) is 6.42 Å². The van der Waals surface area contributed by atoms with Crippen LogP contribution in [0.2, 0.25) is 0 Å². The molecule has 2 aliphatic rings. The van der Waals surface area contributed by atoms with Crippen molar-refractivity contribution >= 4 is 11.8 Å². The lowest BCUT2D eigenvalue weighted by Crippen LogP contribution is -2.46. The summed E-state index contributed by atoms with van der Waals surface area (Å²) in [4.78, 5) is 2.70. The molecule has 0 radical (unpaired) electrons. The van der Waals surface area contributed by atoms with Crippen LogP contribution in [0.1, 0.15) is 32.1 Å². The molecule has 1 aliphatic carbocycles. The monoisotopic (exact) mass is 228 g/mol. The second-order valence-electron chi connectivity index (χ2n) is 4.86. The first-order valence-electron chi connectivity index (χ1n) is 6.36. The van der Waals surface area contributed by atoms with Crippen molar-refractivity contribution in [3.8, 4) is 0 Å². The zero-order valence-corrected chi connectivity index (χ0v) is 10.7. The van der Waals surface area contributed by atoms with E-state index in [4.69, 9.17) is 0 Å². The van der Waals surface area contributed by atoms with Crippen LogP contribution < -0.4 is 5.32 Å². The van der Waals surface area contributed by atoms with Crippen LogP contribution in [0.25, 0.3) is 0 Å². The number of hydrogen-bond acceptors (Lipinski definition) is 3. The van der Waals surface area contributed by atoms with Crippen LogP contribution in [0.5, 0.6) is 0 Å². The second-order valence-corrected chi connectivity index (χ2v) is 5.85. The van der Waals surface area contributed by atoms with E-state index in [9.17, 15) is 0 Å². The highest BCUT2D eigenvalue weighted by molar-refractivity contribution is 7.98. The van der Waals surface area contributed by atoms with Crippen molar-refractivity contribution in [2.75, 3.05) is 31.6 Å². The minimum Gasteiger partial charge on any atom is -0.312 e. The minimum atomic E-state index is 0.825. The Kier molecular flexibility index (Phi) is 4.79. The van der Waals surface area contributed by atoms with E-state index in [-0.39, 0.29) is 0 Å². The van der Waals surface area contributed by atoms with Gasteiger partial charge in [0, 0.05) is 30.9 Å². The van der Waals surface area contributed by atoms with E-state index in [0.29, 0.717) is 0 Å². The average Bonchev–Trinajstić information content (AvgIpc) is 3.08. The van der Waals surface area contributed by atoms with Crippen LogP contribution in [0.3, 0.4) is 0 Å². The normalized spacial score (nSPS) is 28.2. The highest BCUT2D eigenvalue weighted by Gasteiger charge is 2.25. The lowest BCUT2D eigenvalue weighted by Gasteiger charge is -2.35. The largest absolute Gasteiger partial charge is 0.312 e. The first kappa shape index (κ1) is 11.7. The SMILES string of the molecule is CSCCN1CCCCC1CNC1CC1. The average molecular weight is 228 g/mol. The Hall–Kier alpha value is 0.270. The lowest BCUT2D eigenvalue weighted by molar-refractivity contribution is 0.154. The molecule has 1 aliphatic heterocycles. The fourth-order valence-corrected chi connectivity index (χ4v) is 2.80. The number of nitrogens with one attached hydrogen (secondary N) is 1. The highest BCUT2D eigenvalue weighted by atomic mass is 32.2. The molecule has 2 rings (SSSR count). The number of thioether (sulfide) groups is 1. The molecule has 1 saturated carbocycles. The minimum absolute atomic E-state index is 0.825. The van der Waals surface area contributed by atoms with Crippen LogP contribution in [-0.4, -0.2) is 48.6 Å². The smallest absolute Gasteiger partial charge is 0.0221 e.